The van der Waals surface area contributed by atoms with Gasteiger partial charge in [-0.05, 0) is 15.8 Å². The van der Waals surface area contributed by atoms with Gasteiger partial charge in [0.2, 0.25) is 0 Å². The molecular weight excluding hydrogens is 250 g/mol. The zero-order chi connectivity index (χ0) is 14.6. The van der Waals surface area contributed by atoms with Gasteiger partial charge < -0.3 is 20.1 Å². The molecule has 1 heterocycles. The summed E-state index contributed by atoms with van der Waals surface area (Å²) in [5.74, 6) is -1.27. The maximum atomic E-state index is 11.2. The number of hydrogen-bond acceptors (Lipinski definition) is 5. The van der Waals surface area contributed by atoms with Gasteiger partial charge in [0, 0.05) is 13.6 Å². The molecule has 0 bridgehead atoms. The van der Waals surface area contributed by atoms with Gasteiger partial charge in [-0.25, -0.2) is 4.79 Å². The van der Waals surface area contributed by atoms with Crippen LogP contribution in [0.1, 0.15) is 30.6 Å². The van der Waals surface area contributed by atoms with Crippen LogP contribution in [0.25, 0.3) is 0 Å². The maximum Gasteiger partial charge on any atom is 0.364 e. The summed E-state index contributed by atoms with van der Waals surface area (Å²) < 4.78 is 0. The standard InChI is InChI=1S/C12H17N3O4/c1-4-8(2)7-14(3)10-6-13-11(15(18)19)5-9(10)12(16)17/h5-6,8H,4,7H2,1-3H3,(H,16,17). The van der Waals surface area contributed by atoms with E-state index in [9.17, 15) is 14.9 Å². The Morgan fingerprint density at radius 2 is 2.26 bits per heavy atom. The molecule has 0 aliphatic rings. The van der Waals surface area contributed by atoms with E-state index >= 15 is 0 Å². The Bertz CT molecular complexity index is 490. The number of nitro groups is 1. The molecule has 7 nitrogen and oxygen atoms in total. The third-order valence-electron chi connectivity index (χ3n) is 2.98. The average molecular weight is 267 g/mol. The van der Waals surface area contributed by atoms with E-state index in [2.05, 4.69) is 11.9 Å². The second-order valence-corrected chi connectivity index (χ2v) is 4.52. The molecule has 0 aromatic carbocycles. The number of carboxylic acid groups (broad SMARTS) is 1. The fourth-order valence-electron chi connectivity index (χ4n) is 1.71. The van der Waals surface area contributed by atoms with Crippen LogP contribution in [-0.2, 0) is 0 Å². The molecule has 1 aromatic heterocycles. The van der Waals surface area contributed by atoms with Crippen molar-refractivity contribution < 1.29 is 14.8 Å². The van der Waals surface area contributed by atoms with Crippen LogP contribution in [0.15, 0.2) is 12.3 Å². The highest BCUT2D eigenvalue weighted by Crippen LogP contribution is 2.23. The van der Waals surface area contributed by atoms with Crippen LogP contribution in [0.5, 0.6) is 0 Å². The van der Waals surface area contributed by atoms with Gasteiger partial charge in [0.15, 0.2) is 6.20 Å². The number of aromatic nitrogens is 1. The van der Waals surface area contributed by atoms with E-state index in [1.807, 2.05) is 6.92 Å². The molecule has 0 saturated heterocycles. The number of aromatic carboxylic acids is 1. The summed E-state index contributed by atoms with van der Waals surface area (Å²) >= 11 is 0. The highest BCUT2D eigenvalue weighted by molar-refractivity contribution is 5.94. The second-order valence-electron chi connectivity index (χ2n) is 4.52. The fourth-order valence-corrected chi connectivity index (χ4v) is 1.71. The van der Waals surface area contributed by atoms with E-state index in [1.54, 1.807) is 11.9 Å². The number of hydrogen-bond donors (Lipinski definition) is 1. The lowest BCUT2D eigenvalue weighted by molar-refractivity contribution is -0.389. The van der Waals surface area contributed by atoms with Crippen LogP contribution in [0.4, 0.5) is 11.5 Å². The Morgan fingerprint density at radius 1 is 1.63 bits per heavy atom. The second kappa shape index (κ2) is 6.12. The minimum absolute atomic E-state index is 0.104. The summed E-state index contributed by atoms with van der Waals surface area (Å²) in [6, 6.07) is 0.991. The molecule has 1 atom stereocenters. The summed E-state index contributed by atoms with van der Waals surface area (Å²) in [6.07, 6.45) is 2.21. The first kappa shape index (κ1) is 14.9. The minimum atomic E-state index is -1.20. The SMILES string of the molecule is CCC(C)CN(C)c1cnc([N+](=O)[O-])cc1C(=O)O. The molecule has 19 heavy (non-hydrogen) atoms. The molecule has 104 valence electrons. The molecule has 1 rings (SSSR count). The summed E-state index contributed by atoms with van der Waals surface area (Å²) in [7, 11) is 1.75. The first-order chi connectivity index (χ1) is 8.86. The Morgan fingerprint density at radius 3 is 2.74 bits per heavy atom. The lowest BCUT2D eigenvalue weighted by Crippen LogP contribution is -2.25. The molecule has 7 heteroatoms. The van der Waals surface area contributed by atoms with Crippen molar-refractivity contribution >= 4 is 17.5 Å². The smallest absolute Gasteiger partial charge is 0.364 e. The molecule has 1 N–H and O–H groups in total. The third-order valence-corrected chi connectivity index (χ3v) is 2.98. The van der Waals surface area contributed by atoms with Crippen molar-refractivity contribution in [3.63, 3.8) is 0 Å². The van der Waals surface area contributed by atoms with Gasteiger partial charge in [-0.1, -0.05) is 20.3 Å². The number of anilines is 1. The first-order valence-corrected chi connectivity index (χ1v) is 5.95. The average Bonchev–Trinajstić information content (AvgIpc) is 2.37. The number of carboxylic acids is 1. The Balaban J connectivity index is 3.12. The van der Waals surface area contributed by atoms with Crippen molar-refractivity contribution in [1.82, 2.24) is 4.98 Å². The van der Waals surface area contributed by atoms with Crippen LogP contribution >= 0.6 is 0 Å². The van der Waals surface area contributed by atoms with E-state index in [-0.39, 0.29) is 5.56 Å². The normalized spacial score (nSPS) is 11.9. The van der Waals surface area contributed by atoms with Crippen LogP contribution < -0.4 is 4.90 Å². The van der Waals surface area contributed by atoms with Gasteiger partial charge in [0.05, 0.1) is 17.3 Å². The predicted molar refractivity (Wildman–Crippen MR) is 70.6 cm³/mol. The number of rotatable bonds is 6. The van der Waals surface area contributed by atoms with Crippen molar-refractivity contribution in [3.05, 3.63) is 27.9 Å². The van der Waals surface area contributed by atoms with Crippen molar-refractivity contribution in [2.24, 2.45) is 5.92 Å². The molecule has 1 aromatic rings. The maximum absolute atomic E-state index is 11.2. The molecule has 0 aliphatic heterocycles. The minimum Gasteiger partial charge on any atom is -0.478 e. The van der Waals surface area contributed by atoms with Crippen LogP contribution in [0, 0.1) is 16.0 Å². The summed E-state index contributed by atoms with van der Waals surface area (Å²) in [5, 5.41) is 19.8. The molecule has 0 fully saturated rings. The Labute approximate surface area is 111 Å². The van der Waals surface area contributed by atoms with Gasteiger partial charge >= 0.3 is 11.8 Å². The summed E-state index contributed by atoms with van der Waals surface area (Å²) in [6.45, 7) is 4.76. The monoisotopic (exact) mass is 267 g/mol. The lowest BCUT2D eigenvalue weighted by atomic mass is 10.1. The van der Waals surface area contributed by atoms with E-state index in [1.165, 1.54) is 6.20 Å². The van der Waals surface area contributed by atoms with Gasteiger partial charge in [0.25, 0.3) is 0 Å². The highest BCUT2D eigenvalue weighted by Gasteiger charge is 2.21. The van der Waals surface area contributed by atoms with Gasteiger partial charge in [-0.2, -0.15) is 0 Å². The van der Waals surface area contributed by atoms with E-state index in [4.69, 9.17) is 5.11 Å². The third kappa shape index (κ3) is 3.64. The molecule has 1 unspecified atom stereocenters. The van der Waals surface area contributed by atoms with Crippen LogP contribution in [0.3, 0.4) is 0 Å². The predicted octanol–water partition coefficient (Wildman–Crippen LogP) is 2.17. The number of carbonyl (C=O) groups is 1. The fraction of sp³-hybridized carbons (Fsp3) is 0.500. The van der Waals surface area contributed by atoms with Crippen LogP contribution in [0.2, 0.25) is 0 Å². The largest absolute Gasteiger partial charge is 0.478 e. The first-order valence-electron chi connectivity index (χ1n) is 5.95. The summed E-state index contributed by atoms with van der Waals surface area (Å²) in [5.41, 5.74) is 0.283. The Kier molecular flexibility index (Phi) is 4.80. The van der Waals surface area contributed by atoms with E-state index in [0.717, 1.165) is 12.5 Å². The van der Waals surface area contributed by atoms with Crippen molar-refractivity contribution in [1.29, 1.82) is 0 Å². The van der Waals surface area contributed by atoms with Crippen molar-refractivity contribution in [2.75, 3.05) is 18.5 Å². The zero-order valence-corrected chi connectivity index (χ0v) is 11.2. The molecule has 0 saturated carbocycles. The van der Waals surface area contributed by atoms with E-state index in [0.29, 0.717) is 18.2 Å². The molecule has 0 spiro atoms. The van der Waals surface area contributed by atoms with Crippen molar-refractivity contribution in [2.45, 2.75) is 20.3 Å². The van der Waals surface area contributed by atoms with Gasteiger partial charge in [0.1, 0.15) is 0 Å². The number of pyridine rings is 1. The number of nitrogens with zero attached hydrogens (tertiary/aromatic N) is 3. The molecule has 0 amide bonds. The van der Waals surface area contributed by atoms with Gasteiger partial charge in [-0.15, -0.1) is 0 Å². The van der Waals surface area contributed by atoms with Crippen molar-refractivity contribution in [3.8, 4) is 0 Å². The van der Waals surface area contributed by atoms with Gasteiger partial charge in [-0.3, -0.25) is 0 Å². The lowest BCUT2D eigenvalue weighted by Gasteiger charge is -2.22. The zero-order valence-electron chi connectivity index (χ0n) is 11.2. The molecule has 0 radical (unpaired) electrons. The quantitative estimate of drug-likeness (QED) is 0.626. The van der Waals surface area contributed by atoms with Crippen LogP contribution in [-0.4, -0.2) is 34.6 Å². The molecule has 0 aliphatic carbocycles. The summed E-state index contributed by atoms with van der Waals surface area (Å²) in [4.78, 5) is 26.5. The topological polar surface area (TPSA) is 96.6 Å². The van der Waals surface area contributed by atoms with E-state index < -0.39 is 16.7 Å². The highest BCUT2D eigenvalue weighted by atomic mass is 16.6. The Hall–Kier alpha value is -2.18. The molecular formula is C12H17N3O4.